The minimum Gasteiger partial charge on any atom is -0.480 e. The van der Waals surface area contributed by atoms with Crippen LogP contribution in [-0.2, 0) is 17.8 Å². The van der Waals surface area contributed by atoms with Gasteiger partial charge in [0.2, 0.25) is 0 Å². The number of rotatable bonds is 3. The van der Waals surface area contributed by atoms with E-state index in [0.717, 1.165) is 17.7 Å². The van der Waals surface area contributed by atoms with E-state index in [1.54, 1.807) is 4.90 Å². The lowest BCUT2D eigenvalue weighted by Gasteiger charge is -2.15. The second-order valence-electron chi connectivity index (χ2n) is 4.66. The first-order chi connectivity index (χ1) is 9.65. The largest absolute Gasteiger partial charge is 0.480 e. The molecule has 102 valence electrons. The Balaban J connectivity index is 1.83. The van der Waals surface area contributed by atoms with Gasteiger partial charge in [-0.1, -0.05) is 18.2 Å². The third-order valence-corrected chi connectivity index (χ3v) is 3.31. The van der Waals surface area contributed by atoms with Crippen LogP contribution in [0.15, 0.2) is 36.7 Å². The Hall–Kier alpha value is -2.63. The highest BCUT2D eigenvalue weighted by Crippen LogP contribution is 2.28. The van der Waals surface area contributed by atoms with Crippen LogP contribution in [0.4, 0.5) is 5.69 Å². The van der Waals surface area contributed by atoms with Crippen LogP contribution < -0.4 is 4.90 Å². The van der Waals surface area contributed by atoms with Gasteiger partial charge in [0.25, 0.3) is 5.91 Å². The third-order valence-electron chi connectivity index (χ3n) is 3.31. The van der Waals surface area contributed by atoms with Gasteiger partial charge in [0.15, 0.2) is 0 Å². The molecule has 0 unspecified atom stereocenters. The fourth-order valence-electron chi connectivity index (χ4n) is 2.40. The molecule has 1 aliphatic rings. The van der Waals surface area contributed by atoms with Crippen LogP contribution in [0.2, 0.25) is 0 Å². The van der Waals surface area contributed by atoms with Gasteiger partial charge in [-0.05, 0) is 18.1 Å². The summed E-state index contributed by atoms with van der Waals surface area (Å²) >= 11 is 0. The number of anilines is 1. The van der Waals surface area contributed by atoms with Gasteiger partial charge in [-0.3, -0.25) is 14.3 Å². The maximum Gasteiger partial charge on any atom is 0.325 e. The summed E-state index contributed by atoms with van der Waals surface area (Å²) in [5.41, 5.74) is 2.48. The van der Waals surface area contributed by atoms with E-state index in [1.807, 2.05) is 24.3 Å². The fourth-order valence-corrected chi connectivity index (χ4v) is 2.40. The van der Waals surface area contributed by atoms with Gasteiger partial charge in [0, 0.05) is 18.4 Å². The highest BCUT2D eigenvalue weighted by molar-refractivity contribution is 6.07. The van der Waals surface area contributed by atoms with Crippen molar-refractivity contribution in [1.29, 1.82) is 0 Å². The highest BCUT2D eigenvalue weighted by atomic mass is 16.4. The molecule has 0 radical (unpaired) electrons. The maximum atomic E-state index is 12.4. The SMILES string of the molecule is O=C(O)Cn1cc(C(=O)N2CCc3ccccc32)cn1. The van der Waals surface area contributed by atoms with Gasteiger partial charge < -0.3 is 10.0 Å². The van der Waals surface area contributed by atoms with Crippen LogP contribution >= 0.6 is 0 Å². The number of hydrogen-bond donors (Lipinski definition) is 1. The number of fused-ring (bicyclic) bond motifs is 1. The summed E-state index contributed by atoms with van der Waals surface area (Å²) in [5.74, 6) is -1.13. The molecule has 3 rings (SSSR count). The molecule has 0 fully saturated rings. The molecule has 1 aromatic heterocycles. The van der Waals surface area contributed by atoms with Crippen molar-refractivity contribution >= 4 is 17.6 Å². The summed E-state index contributed by atoms with van der Waals surface area (Å²) in [6.07, 6.45) is 3.72. The molecule has 0 spiro atoms. The van der Waals surface area contributed by atoms with E-state index in [2.05, 4.69) is 5.10 Å². The number of carbonyl (C=O) groups excluding carboxylic acids is 1. The lowest BCUT2D eigenvalue weighted by atomic mass is 10.2. The van der Waals surface area contributed by atoms with Crippen molar-refractivity contribution in [3.8, 4) is 0 Å². The predicted molar refractivity (Wildman–Crippen MR) is 71.7 cm³/mol. The normalized spacial score (nSPS) is 13.3. The van der Waals surface area contributed by atoms with Crippen LogP contribution in [0.1, 0.15) is 15.9 Å². The van der Waals surface area contributed by atoms with Crippen LogP contribution in [0, 0.1) is 0 Å². The lowest BCUT2D eigenvalue weighted by molar-refractivity contribution is -0.137. The van der Waals surface area contributed by atoms with Gasteiger partial charge in [-0.15, -0.1) is 0 Å². The Morgan fingerprint density at radius 3 is 2.90 bits per heavy atom. The summed E-state index contributed by atoms with van der Waals surface area (Å²) in [6.45, 7) is 0.395. The predicted octanol–water partition coefficient (Wildman–Crippen LogP) is 1.17. The minimum atomic E-state index is -0.987. The number of carboxylic acid groups (broad SMARTS) is 1. The number of carboxylic acids is 1. The summed E-state index contributed by atoms with van der Waals surface area (Å²) < 4.78 is 1.25. The number of aromatic nitrogens is 2. The molecule has 0 saturated carbocycles. The molecule has 0 saturated heterocycles. The molecule has 2 heterocycles. The fraction of sp³-hybridized carbons (Fsp3) is 0.214. The molecule has 1 aliphatic heterocycles. The van der Waals surface area contributed by atoms with Crippen molar-refractivity contribution < 1.29 is 14.7 Å². The van der Waals surface area contributed by atoms with Gasteiger partial charge >= 0.3 is 5.97 Å². The zero-order valence-corrected chi connectivity index (χ0v) is 10.7. The van der Waals surface area contributed by atoms with Crippen LogP contribution in [0.25, 0.3) is 0 Å². The molecule has 0 bridgehead atoms. The maximum absolute atomic E-state index is 12.4. The average Bonchev–Trinajstić information content (AvgIpc) is 3.03. The van der Waals surface area contributed by atoms with Gasteiger partial charge in [0.1, 0.15) is 6.54 Å². The third kappa shape index (κ3) is 2.16. The number of benzene rings is 1. The van der Waals surface area contributed by atoms with Gasteiger partial charge in [-0.25, -0.2) is 0 Å². The van der Waals surface area contributed by atoms with Crippen molar-refractivity contribution in [3.63, 3.8) is 0 Å². The number of para-hydroxylation sites is 1. The van der Waals surface area contributed by atoms with Crippen LogP contribution in [0.3, 0.4) is 0 Å². The zero-order chi connectivity index (χ0) is 14.1. The van der Waals surface area contributed by atoms with Crippen molar-refractivity contribution in [2.75, 3.05) is 11.4 Å². The molecular weight excluding hydrogens is 258 g/mol. The number of aliphatic carboxylic acids is 1. The van der Waals surface area contributed by atoms with E-state index < -0.39 is 5.97 Å². The quantitative estimate of drug-likeness (QED) is 0.909. The summed E-state index contributed by atoms with van der Waals surface area (Å²) in [7, 11) is 0. The van der Waals surface area contributed by atoms with Gasteiger partial charge in [-0.2, -0.15) is 5.10 Å². The van der Waals surface area contributed by atoms with Crippen molar-refractivity contribution in [2.24, 2.45) is 0 Å². The van der Waals surface area contributed by atoms with E-state index in [-0.39, 0.29) is 12.5 Å². The van der Waals surface area contributed by atoms with Crippen molar-refractivity contribution in [1.82, 2.24) is 9.78 Å². The average molecular weight is 271 g/mol. The summed E-state index contributed by atoms with van der Waals surface area (Å²) in [4.78, 5) is 24.8. The van der Waals surface area contributed by atoms with E-state index in [1.165, 1.54) is 17.1 Å². The number of amides is 1. The number of nitrogens with zero attached hydrogens (tertiary/aromatic N) is 3. The Labute approximate surface area is 115 Å². The smallest absolute Gasteiger partial charge is 0.325 e. The molecule has 1 amide bonds. The van der Waals surface area contributed by atoms with E-state index in [9.17, 15) is 9.59 Å². The standard InChI is InChI=1S/C14H13N3O3/c18-13(19)9-16-8-11(7-15-16)14(20)17-6-5-10-3-1-2-4-12(10)17/h1-4,7-8H,5-6,9H2,(H,18,19). The first-order valence-electron chi connectivity index (χ1n) is 6.29. The van der Waals surface area contributed by atoms with E-state index in [0.29, 0.717) is 12.1 Å². The Morgan fingerprint density at radius 2 is 2.10 bits per heavy atom. The Morgan fingerprint density at radius 1 is 1.30 bits per heavy atom. The monoisotopic (exact) mass is 271 g/mol. The molecule has 2 aromatic rings. The van der Waals surface area contributed by atoms with E-state index >= 15 is 0 Å². The zero-order valence-electron chi connectivity index (χ0n) is 10.7. The molecule has 6 nitrogen and oxygen atoms in total. The number of carbonyl (C=O) groups is 2. The molecule has 0 atom stereocenters. The molecule has 0 aliphatic carbocycles. The minimum absolute atomic E-state index is 0.147. The van der Waals surface area contributed by atoms with E-state index in [4.69, 9.17) is 5.11 Å². The second kappa shape index (κ2) is 4.80. The van der Waals surface area contributed by atoms with Crippen LogP contribution in [0.5, 0.6) is 0 Å². The van der Waals surface area contributed by atoms with Crippen LogP contribution in [-0.4, -0.2) is 33.3 Å². The van der Waals surface area contributed by atoms with Crippen molar-refractivity contribution in [2.45, 2.75) is 13.0 Å². The highest BCUT2D eigenvalue weighted by Gasteiger charge is 2.25. The Kier molecular flexibility index (Phi) is 2.98. The number of hydrogen-bond acceptors (Lipinski definition) is 3. The molecule has 1 aromatic carbocycles. The summed E-state index contributed by atoms with van der Waals surface area (Å²) in [5, 5.41) is 12.6. The van der Waals surface area contributed by atoms with Gasteiger partial charge in [0.05, 0.1) is 11.8 Å². The molecular formula is C14H13N3O3. The second-order valence-corrected chi connectivity index (χ2v) is 4.66. The van der Waals surface area contributed by atoms with Crippen molar-refractivity contribution in [3.05, 3.63) is 47.8 Å². The first kappa shape index (κ1) is 12.4. The molecule has 20 heavy (non-hydrogen) atoms. The summed E-state index contributed by atoms with van der Waals surface area (Å²) in [6, 6.07) is 7.79. The lowest BCUT2D eigenvalue weighted by Crippen LogP contribution is -2.28. The Bertz CT molecular complexity index is 678. The first-order valence-corrected chi connectivity index (χ1v) is 6.29. The molecule has 6 heteroatoms. The topological polar surface area (TPSA) is 75.4 Å². The molecule has 1 N–H and O–H groups in total.